The van der Waals surface area contributed by atoms with Crippen molar-refractivity contribution in [2.45, 2.75) is 46.8 Å². The summed E-state index contributed by atoms with van der Waals surface area (Å²) in [5.74, 6) is 1.23. The molecule has 1 N–H and O–H groups in total. The summed E-state index contributed by atoms with van der Waals surface area (Å²) in [6.45, 7) is 10.7. The summed E-state index contributed by atoms with van der Waals surface area (Å²) in [7, 11) is 0. The van der Waals surface area contributed by atoms with E-state index in [0.29, 0.717) is 18.4 Å². The van der Waals surface area contributed by atoms with Crippen LogP contribution in [0.5, 0.6) is 0 Å². The number of rotatable bonds is 5. The van der Waals surface area contributed by atoms with E-state index in [1.54, 1.807) is 0 Å². The lowest BCUT2D eigenvalue weighted by Crippen LogP contribution is -2.40. The van der Waals surface area contributed by atoms with Gasteiger partial charge in [-0.3, -0.25) is 9.79 Å². The Morgan fingerprint density at radius 3 is 2.38 bits per heavy atom. The molecule has 0 aromatic carbocycles. The van der Waals surface area contributed by atoms with E-state index in [4.69, 9.17) is 4.74 Å². The van der Waals surface area contributed by atoms with Gasteiger partial charge in [-0.25, -0.2) is 0 Å². The number of ether oxygens (including phenoxy) is 1. The molecule has 1 rings (SSSR count). The van der Waals surface area contributed by atoms with Crippen LogP contribution in [-0.4, -0.2) is 30.5 Å². The Morgan fingerprint density at radius 2 is 2.00 bits per heavy atom. The average molecular weight is 226 g/mol. The van der Waals surface area contributed by atoms with E-state index in [-0.39, 0.29) is 24.0 Å². The zero-order chi connectivity index (χ0) is 12.3. The van der Waals surface area contributed by atoms with Crippen LogP contribution in [0, 0.1) is 11.8 Å². The molecule has 0 spiro atoms. The van der Waals surface area contributed by atoms with Crippen molar-refractivity contribution < 1.29 is 9.53 Å². The SMILES string of the molecule is CCOC(C1=NC(C(C)C)C(=O)N1)C(C)C. The molecule has 92 valence electrons. The summed E-state index contributed by atoms with van der Waals surface area (Å²) in [6, 6.07) is -0.253. The fourth-order valence-corrected chi connectivity index (χ4v) is 1.80. The molecule has 1 amide bonds. The van der Waals surface area contributed by atoms with Crippen molar-refractivity contribution in [1.29, 1.82) is 0 Å². The minimum absolute atomic E-state index is 0.00430. The molecule has 2 atom stereocenters. The molecule has 1 aliphatic rings. The van der Waals surface area contributed by atoms with Crippen molar-refractivity contribution in [2.24, 2.45) is 16.8 Å². The summed E-state index contributed by atoms with van der Waals surface area (Å²) >= 11 is 0. The first kappa shape index (κ1) is 13.2. The third-order valence-electron chi connectivity index (χ3n) is 2.65. The monoisotopic (exact) mass is 226 g/mol. The van der Waals surface area contributed by atoms with Crippen molar-refractivity contribution in [1.82, 2.24) is 5.32 Å². The number of nitrogens with one attached hydrogen (secondary N) is 1. The van der Waals surface area contributed by atoms with Gasteiger partial charge in [0.05, 0.1) is 0 Å². The van der Waals surface area contributed by atoms with Crippen LogP contribution in [0.25, 0.3) is 0 Å². The first-order valence-electron chi connectivity index (χ1n) is 5.97. The summed E-state index contributed by atoms with van der Waals surface area (Å²) in [4.78, 5) is 16.1. The molecule has 0 radical (unpaired) electrons. The molecular formula is C12H22N2O2. The first-order chi connectivity index (χ1) is 7.47. The van der Waals surface area contributed by atoms with Crippen LogP contribution in [0.3, 0.4) is 0 Å². The third kappa shape index (κ3) is 2.82. The molecule has 16 heavy (non-hydrogen) atoms. The molecule has 1 heterocycles. The molecule has 1 aliphatic heterocycles. The van der Waals surface area contributed by atoms with Gasteiger partial charge in [0.25, 0.3) is 0 Å². The van der Waals surface area contributed by atoms with Gasteiger partial charge < -0.3 is 10.1 Å². The fourth-order valence-electron chi connectivity index (χ4n) is 1.80. The molecule has 0 bridgehead atoms. The van der Waals surface area contributed by atoms with E-state index in [1.165, 1.54) is 0 Å². The Balaban J connectivity index is 2.79. The largest absolute Gasteiger partial charge is 0.370 e. The number of hydrogen-bond acceptors (Lipinski definition) is 3. The lowest BCUT2D eigenvalue weighted by Gasteiger charge is -2.20. The zero-order valence-corrected chi connectivity index (χ0v) is 10.8. The first-order valence-corrected chi connectivity index (χ1v) is 5.97. The number of nitrogens with zero attached hydrogens (tertiary/aromatic N) is 1. The standard InChI is InChI=1S/C12H22N2O2/c1-6-16-10(8(4)5)11-13-9(7(2)3)12(15)14-11/h7-10H,6H2,1-5H3,(H,13,14,15). The van der Waals surface area contributed by atoms with Crippen LogP contribution >= 0.6 is 0 Å². The molecule has 0 saturated carbocycles. The van der Waals surface area contributed by atoms with Gasteiger partial charge in [0.15, 0.2) is 0 Å². The van der Waals surface area contributed by atoms with Gasteiger partial charge in [0.1, 0.15) is 18.0 Å². The number of hydrogen-bond donors (Lipinski definition) is 1. The normalized spacial score (nSPS) is 22.6. The Morgan fingerprint density at radius 1 is 1.38 bits per heavy atom. The average Bonchev–Trinajstić information content (AvgIpc) is 2.56. The number of carbonyl (C=O) groups excluding carboxylic acids is 1. The quantitative estimate of drug-likeness (QED) is 0.774. The Bertz CT molecular complexity index is 285. The Hall–Kier alpha value is -0.900. The maximum atomic E-state index is 11.7. The second-order valence-electron chi connectivity index (χ2n) is 4.81. The van der Waals surface area contributed by atoms with E-state index in [1.807, 2.05) is 20.8 Å². The van der Waals surface area contributed by atoms with E-state index < -0.39 is 0 Å². The highest BCUT2D eigenvalue weighted by Gasteiger charge is 2.33. The number of amides is 1. The number of carbonyl (C=O) groups is 1. The van der Waals surface area contributed by atoms with Crippen molar-refractivity contribution in [3.63, 3.8) is 0 Å². The van der Waals surface area contributed by atoms with Crippen LogP contribution in [0.2, 0.25) is 0 Å². The maximum Gasteiger partial charge on any atom is 0.250 e. The molecule has 0 saturated heterocycles. The number of aliphatic imine (C=N–C) groups is 1. The van der Waals surface area contributed by atoms with Gasteiger partial charge in [-0.2, -0.15) is 0 Å². The summed E-state index contributed by atoms with van der Waals surface area (Å²) in [6.07, 6.45) is -0.0994. The van der Waals surface area contributed by atoms with Crippen molar-refractivity contribution in [2.75, 3.05) is 6.61 Å². The van der Waals surface area contributed by atoms with Crippen molar-refractivity contribution >= 4 is 11.7 Å². The minimum Gasteiger partial charge on any atom is -0.370 e. The van der Waals surface area contributed by atoms with Crippen molar-refractivity contribution in [3.05, 3.63) is 0 Å². The summed E-state index contributed by atoms with van der Waals surface area (Å²) < 4.78 is 5.62. The minimum atomic E-state index is -0.253. The van der Waals surface area contributed by atoms with Crippen LogP contribution < -0.4 is 5.32 Å². The van der Waals surface area contributed by atoms with E-state index in [0.717, 1.165) is 0 Å². The van der Waals surface area contributed by atoms with Gasteiger partial charge in [-0.1, -0.05) is 27.7 Å². The Kier molecular flexibility index (Phi) is 4.47. The highest BCUT2D eigenvalue weighted by molar-refractivity contribution is 6.07. The van der Waals surface area contributed by atoms with Crippen LogP contribution in [0.1, 0.15) is 34.6 Å². The lowest BCUT2D eigenvalue weighted by atomic mass is 10.1. The van der Waals surface area contributed by atoms with E-state index >= 15 is 0 Å². The highest BCUT2D eigenvalue weighted by Crippen LogP contribution is 2.16. The Labute approximate surface area is 97.5 Å². The molecule has 4 nitrogen and oxygen atoms in total. The van der Waals surface area contributed by atoms with Gasteiger partial charge >= 0.3 is 0 Å². The maximum absolute atomic E-state index is 11.7. The van der Waals surface area contributed by atoms with Crippen LogP contribution in [-0.2, 0) is 9.53 Å². The second kappa shape index (κ2) is 5.43. The van der Waals surface area contributed by atoms with Gasteiger partial charge in [0, 0.05) is 6.61 Å². The van der Waals surface area contributed by atoms with E-state index in [9.17, 15) is 4.79 Å². The van der Waals surface area contributed by atoms with Gasteiger partial charge in [-0.05, 0) is 18.8 Å². The molecule has 0 fully saturated rings. The van der Waals surface area contributed by atoms with Gasteiger partial charge in [-0.15, -0.1) is 0 Å². The number of amidine groups is 1. The predicted octanol–water partition coefficient (Wildman–Crippen LogP) is 1.60. The zero-order valence-electron chi connectivity index (χ0n) is 10.8. The second-order valence-corrected chi connectivity index (χ2v) is 4.81. The van der Waals surface area contributed by atoms with E-state index in [2.05, 4.69) is 24.2 Å². The summed E-state index contributed by atoms with van der Waals surface area (Å²) in [5, 5.41) is 2.84. The molecule has 0 aromatic rings. The molecule has 0 aromatic heterocycles. The summed E-state index contributed by atoms with van der Waals surface area (Å²) in [5.41, 5.74) is 0. The topological polar surface area (TPSA) is 50.7 Å². The van der Waals surface area contributed by atoms with Gasteiger partial charge in [0.2, 0.25) is 5.91 Å². The molecule has 4 heteroatoms. The van der Waals surface area contributed by atoms with Crippen LogP contribution in [0.15, 0.2) is 4.99 Å². The third-order valence-corrected chi connectivity index (χ3v) is 2.65. The predicted molar refractivity (Wildman–Crippen MR) is 64.5 cm³/mol. The van der Waals surface area contributed by atoms with Crippen LogP contribution in [0.4, 0.5) is 0 Å². The lowest BCUT2D eigenvalue weighted by molar-refractivity contribution is -0.120. The van der Waals surface area contributed by atoms with Crippen molar-refractivity contribution in [3.8, 4) is 0 Å². The molecular weight excluding hydrogens is 204 g/mol. The fraction of sp³-hybridized carbons (Fsp3) is 0.833. The highest BCUT2D eigenvalue weighted by atomic mass is 16.5. The molecule has 2 unspecified atom stereocenters. The molecule has 0 aliphatic carbocycles. The smallest absolute Gasteiger partial charge is 0.250 e.